The number of hydrogen-bond donors (Lipinski definition) is 1. The van der Waals surface area contributed by atoms with Gasteiger partial charge in [-0.3, -0.25) is 9.59 Å². The molecular weight excluding hydrogens is 292 g/mol. The third kappa shape index (κ3) is 3.96. The summed E-state index contributed by atoms with van der Waals surface area (Å²) in [5.74, 6) is -3.05. The Morgan fingerprint density at radius 1 is 1.18 bits per heavy atom. The van der Waals surface area contributed by atoms with Crippen molar-refractivity contribution in [3.63, 3.8) is 0 Å². The summed E-state index contributed by atoms with van der Waals surface area (Å²) in [7, 11) is 0. The van der Waals surface area contributed by atoms with Crippen molar-refractivity contribution in [1.29, 1.82) is 0 Å². The monoisotopic (exact) mass is 314 g/mol. The molecule has 0 aromatic rings. The van der Waals surface area contributed by atoms with E-state index >= 15 is 0 Å². The number of imide groups is 1. The van der Waals surface area contributed by atoms with Crippen LogP contribution in [0.5, 0.6) is 0 Å². The van der Waals surface area contributed by atoms with Gasteiger partial charge in [-0.25, -0.2) is 9.59 Å². The highest BCUT2D eigenvalue weighted by molar-refractivity contribution is 6.03. The normalized spacial score (nSPS) is 16.9. The summed E-state index contributed by atoms with van der Waals surface area (Å²) in [6, 6.07) is -1.37. The minimum Gasteiger partial charge on any atom is -0.480 e. The molecule has 0 radical (unpaired) electrons. The van der Waals surface area contributed by atoms with Crippen LogP contribution in [0.4, 0.5) is 4.79 Å². The van der Waals surface area contributed by atoms with E-state index in [1.807, 2.05) is 0 Å². The third-order valence-corrected chi connectivity index (χ3v) is 2.97. The van der Waals surface area contributed by atoms with Crippen molar-refractivity contribution >= 4 is 23.9 Å². The van der Waals surface area contributed by atoms with Gasteiger partial charge >= 0.3 is 12.1 Å². The third-order valence-electron chi connectivity index (χ3n) is 2.97. The van der Waals surface area contributed by atoms with Crippen LogP contribution in [-0.2, 0) is 19.1 Å². The van der Waals surface area contributed by atoms with Crippen LogP contribution >= 0.6 is 0 Å². The Balaban J connectivity index is 3.25. The average molecular weight is 314 g/mol. The van der Waals surface area contributed by atoms with Crippen LogP contribution in [0.1, 0.15) is 47.5 Å². The number of ether oxygens (including phenoxy) is 1. The predicted octanol–water partition coefficient (Wildman–Crippen LogP) is 1.40. The molecule has 1 rings (SSSR count). The van der Waals surface area contributed by atoms with Gasteiger partial charge in [0.2, 0.25) is 11.8 Å². The van der Waals surface area contributed by atoms with E-state index in [2.05, 4.69) is 0 Å². The summed E-state index contributed by atoms with van der Waals surface area (Å²) in [5, 5.41) is 10.6. The molecule has 1 heterocycles. The molecule has 0 saturated carbocycles. The molecule has 8 heteroatoms. The Labute approximate surface area is 129 Å². The predicted molar refractivity (Wildman–Crippen MR) is 75.4 cm³/mol. The standard InChI is InChI=1S/C14H22N2O6/c1-8(2)11(12(19)20)16(13(21)22-14(3,4)5)15-9(17)6-7-10(15)18/h8,11H,6-7H2,1-5H3,(H,19,20)/t11-/m0/s1. The molecule has 1 aliphatic heterocycles. The number of amides is 3. The van der Waals surface area contributed by atoms with E-state index in [0.29, 0.717) is 10.0 Å². The molecule has 1 fully saturated rings. The molecule has 8 nitrogen and oxygen atoms in total. The van der Waals surface area contributed by atoms with Gasteiger partial charge in [0.05, 0.1) is 0 Å². The maximum Gasteiger partial charge on any atom is 0.430 e. The Morgan fingerprint density at radius 3 is 1.95 bits per heavy atom. The van der Waals surface area contributed by atoms with Gasteiger partial charge in [-0.2, -0.15) is 10.0 Å². The van der Waals surface area contributed by atoms with Gasteiger partial charge in [-0.05, 0) is 26.7 Å². The summed E-state index contributed by atoms with van der Waals surface area (Å²) in [6.07, 6.45) is -1.14. The fourth-order valence-electron chi connectivity index (χ4n) is 2.11. The second kappa shape index (κ2) is 6.33. The SMILES string of the molecule is CC(C)[C@@H](C(=O)O)N(C(=O)OC(C)(C)C)N1C(=O)CCC1=O. The first kappa shape index (κ1) is 17.9. The number of carboxylic acid groups (broad SMARTS) is 1. The van der Waals surface area contributed by atoms with E-state index in [9.17, 15) is 24.3 Å². The van der Waals surface area contributed by atoms with Gasteiger partial charge in [-0.1, -0.05) is 13.8 Å². The highest BCUT2D eigenvalue weighted by Gasteiger charge is 2.45. The number of hydrazine groups is 1. The molecule has 1 atom stereocenters. The molecule has 0 aromatic carbocycles. The zero-order valence-electron chi connectivity index (χ0n) is 13.5. The average Bonchev–Trinajstić information content (AvgIpc) is 2.62. The lowest BCUT2D eigenvalue weighted by molar-refractivity contribution is -0.168. The summed E-state index contributed by atoms with van der Waals surface area (Å²) in [5.41, 5.74) is -0.888. The number of hydrogen-bond acceptors (Lipinski definition) is 5. The number of carboxylic acids is 1. The first-order valence-electron chi connectivity index (χ1n) is 7.06. The molecule has 124 valence electrons. The van der Waals surface area contributed by atoms with Gasteiger partial charge in [0.25, 0.3) is 0 Å². The molecule has 1 aliphatic rings. The van der Waals surface area contributed by atoms with Gasteiger partial charge < -0.3 is 9.84 Å². The van der Waals surface area contributed by atoms with Crippen LogP contribution in [0.3, 0.4) is 0 Å². The number of rotatable bonds is 4. The Morgan fingerprint density at radius 2 is 1.64 bits per heavy atom. The van der Waals surface area contributed by atoms with Crippen molar-refractivity contribution in [2.45, 2.75) is 59.1 Å². The first-order valence-corrected chi connectivity index (χ1v) is 7.06. The zero-order valence-corrected chi connectivity index (χ0v) is 13.5. The van der Waals surface area contributed by atoms with Crippen LogP contribution in [0.15, 0.2) is 0 Å². The van der Waals surface area contributed by atoms with Crippen LogP contribution in [0.25, 0.3) is 0 Å². The van der Waals surface area contributed by atoms with Crippen LogP contribution in [-0.4, -0.2) is 50.6 Å². The minimum atomic E-state index is -1.37. The van der Waals surface area contributed by atoms with Gasteiger partial charge in [0.1, 0.15) is 5.60 Å². The highest BCUT2D eigenvalue weighted by atomic mass is 16.6. The van der Waals surface area contributed by atoms with Crippen LogP contribution in [0, 0.1) is 5.92 Å². The zero-order chi connectivity index (χ0) is 17.2. The van der Waals surface area contributed by atoms with Crippen molar-refractivity contribution in [2.75, 3.05) is 0 Å². The van der Waals surface area contributed by atoms with E-state index in [-0.39, 0.29) is 12.8 Å². The summed E-state index contributed by atoms with van der Waals surface area (Å²) in [4.78, 5) is 47.7. The molecule has 0 bridgehead atoms. The van der Waals surface area contributed by atoms with Crippen molar-refractivity contribution in [3.8, 4) is 0 Å². The quantitative estimate of drug-likeness (QED) is 0.786. The molecule has 3 amide bonds. The first-order chi connectivity index (χ1) is 9.95. The topological polar surface area (TPSA) is 104 Å². The summed E-state index contributed by atoms with van der Waals surface area (Å²) < 4.78 is 5.17. The van der Waals surface area contributed by atoms with E-state index < -0.39 is 41.4 Å². The summed E-state index contributed by atoms with van der Waals surface area (Å²) in [6.45, 7) is 8.01. The van der Waals surface area contributed by atoms with Crippen LogP contribution < -0.4 is 0 Å². The van der Waals surface area contributed by atoms with Crippen molar-refractivity contribution < 1.29 is 29.0 Å². The lowest BCUT2D eigenvalue weighted by atomic mass is 10.0. The highest BCUT2D eigenvalue weighted by Crippen LogP contribution is 2.24. The van der Waals surface area contributed by atoms with Gasteiger partial charge in [-0.15, -0.1) is 0 Å². The Bertz CT molecular complexity index is 478. The lowest BCUT2D eigenvalue weighted by Gasteiger charge is -2.37. The molecule has 22 heavy (non-hydrogen) atoms. The fraction of sp³-hybridized carbons (Fsp3) is 0.714. The minimum absolute atomic E-state index is 0.0530. The van der Waals surface area contributed by atoms with Crippen molar-refractivity contribution in [2.24, 2.45) is 5.92 Å². The smallest absolute Gasteiger partial charge is 0.430 e. The molecule has 0 spiro atoms. The van der Waals surface area contributed by atoms with Crippen molar-refractivity contribution in [1.82, 2.24) is 10.0 Å². The number of carbonyl (C=O) groups excluding carboxylic acids is 3. The van der Waals surface area contributed by atoms with E-state index in [1.54, 1.807) is 34.6 Å². The second-order valence-corrected chi connectivity index (χ2v) is 6.45. The number of aliphatic carboxylic acids is 1. The van der Waals surface area contributed by atoms with Gasteiger partial charge in [0, 0.05) is 12.8 Å². The molecule has 1 N–H and O–H groups in total. The Hall–Kier alpha value is -2.12. The molecule has 0 aromatic heterocycles. The van der Waals surface area contributed by atoms with E-state index in [1.165, 1.54) is 0 Å². The largest absolute Gasteiger partial charge is 0.480 e. The fourth-order valence-corrected chi connectivity index (χ4v) is 2.11. The molecule has 0 unspecified atom stereocenters. The maximum absolute atomic E-state index is 12.4. The molecule has 1 saturated heterocycles. The van der Waals surface area contributed by atoms with Gasteiger partial charge in [0.15, 0.2) is 6.04 Å². The van der Waals surface area contributed by atoms with Crippen LogP contribution in [0.2, 0.25) is 0 Å². The lowest BCUT2D eigenvalue weighted by Crippen LogP contribution is -2.59. The van der Waals surface area contributed by atoms with Crippen molar-refractivity contribution in [3.05, 3.63) is 0 Å². The van der Waals surface area contributed by atoms with E-state index in [4.69, 9.17) is 4.74 Å². The molecule has 0 aliphatic carbocycles. The molecular formula is C14H22N2O6. The number of nitrogens with zero attached hydrogens (tertiary/aromatic N) is 2. The Kier molecular flexibility index (Phi) is 5.16. The maximum atomic E-state index is 12.4. The number of carbonyl (C=O) groups is 4. The second-order valence-electron chi connectivity index (χ2n) is 6.45. The summed E-state index contributed by atoms with van der Waals surface area (Å²) >= 11 is 0. The van der Waals surface area contributed by atoms with E-state index in [0.717, 1.165) is 0 Å².